The predicted octanol–water partition coefficient (Wildman–Crippen LogP) is 2.06. The molecule has 2 aliphatic rings. The lowest BCUT2D eigenvalue weighted by Crippen LogP contribution is -2.50. The third-order valence-corrected chi connectivity index (χ3v) is 5.51. The van der Waals surface area contributed by atoms with Crippen molar-refractivity contribution in [2.24, 2.45) is 0 Å². The molecule has 8 heteroatoms. The van der Waals surface area contributed by atoms with Gasteiger partial charge in [-0.05, 0) is 37.8 Å². The quantitative estimate of drug-likeness (QED) is 0.883. The normalized spacial score (nSPS) is 25.4. The molecule has 4 rings (SSSR count). The van der Waals surface area contributed by atoms with Gasteiger partial charge >= 0.3 is 0 Å². The minimum absolute atomic E-state index is 0. The molecule has 0 saturated carbocycles. The first-order valence-corrected chi connectivity index (χ1v) is 8.99. The Bertz CT molecular complexity index is 739. The number of rotatable bonds is 4. The summed E-state index contributed by atoms with van der Waals surface area (Å²) in [6.45, 7) is 1.84. The summed E-state index contributed by atoms with van der Waals surface area (Å²) in [5.41, 5.74) is 0.900. The number of benzene rings is 1. The molecule has 3 unspecified atom stereocenters. The van der Waals surface area contributed by atoms with E-state index in [1.165, 1.54) is 17.6 Å². The van der Waals surface area contributed by atoms with E-state index in [0.717, 1.165) is 18.4 Å². The molecule has 3 heterocycles. The van der Waals surface area contributed by atoms with Crippen LogP contribution in [-0.4, -0.2) is 56.2 Å². The molecule has 2 bridgehead atoms. The number of fused-ring (bicyclic) bond motifs is 2. The lowest BCUT2D eigenvalue weighted by atomic mass is 9.98. The summed E-state index contributed by atoms with van der Waals surface area (Å²) in [6.07, 6.45) is 4.52. The predicted molar refractivity (Wildman–Crippen MR) is 101 cm³/mol. The number of aromatic nitrogens is 4. The van der Waals surface area contributed by atoms with Gasteiger partial charge in [-0.1, -0.05) is 30.3 Å². The smallest absolute Gasteiger partial charge is 0.249 e. The lowest BCUT2D eigenvalue weighted by Gasteiger charge is -2.36. The Labute approximate surface area is 159 Å². The molecule has 0 spiro atoms. The van der Waals surface area contributed by atoms with Crippen molar-refractivity contribution in [3.63, 3.8) is 0 Å². The number of nitrogens with zero attached hydrogens (tertiary/aromatic N) is 5. The molecule has 0 aliphatic carbocycles. The standard InChI is InChI=1S/C18H24N6O.ClH/c1-12(24-21-17(20-22-24)13-6-4-3-5-7-13)18(25)23(2)16-10-14-8-9-15(11-16)19-14;/h3-7,12,14-16,19H,8-11H2,1-2H3;1H. The van der Waals surface area contributed by atoms with Gasteiger partial charge in [0, 0.05) is 30.7 Å². The van der Waals surface area contributed by atoms with Crippen LogP contribution in [0.2, 0.25) is 0 Å². The number of piperidine rings is 1. The topological polar surface area (TPSA) is 75.9 Å². The Hall–Kier alpha value is -1.99. The van der Waals surface area contributed by atoms with Crippen molar-refractivity contribution < 1.29 is 4.79 Å². The highest BCUT2D eigenvalue weighted by atomic mass is 35.5. The summed E-state index contributed by atoms with van der Waals surface area (Å²) in [4.78, 5) is 16.2. The van der Waals surface area contributed by atoms with Gasteiger partial charge in [-0.15, -0.1) is 22.6 Å². The number of amides is 1. The van der Waals surface area contributed by atoms with Gasteiger partial charge in [0.05, 0.1) is 0 Å². The molecule has 3 atom stereocenters. The van der Waals surface area contributed by atoms with E-state index in [0.29, 0.717) is 23.9 Å². The van der Waals surface area contributed by atoms with Crippen LogP contribution in [0.5, 0.6) is 0 Å². The number of halogens is 1. The van der Waals surface area contributed by atoms with Gasteiger partial charge in [-0.25, -0.2) is 0 Å². The van der Waals surface area contributed by atoms with Crippen molar-refractivity contribution in [3.05, 3.63) is 30.3 Å². The highest BCUT2D eigenvalue weighted by Crippen LogP contribution is 2.30. The average Bonchev–Trinajstić information content (AvgIpc) is 3.27. The number of carbonyl (C=O) groups is 1. The summed E-state index contributed by atoms with van der Waals surface area (Å²) < 4.78 is 0. The molecule has 7 nitrogen and oxygen atoms in total. The van der Waals surface area contributed by atoms with Gasteiger partial charge in [-0.3, -0.25) is 4.79 Å². The first kappa shape index (κ1) is 18.8. The average molecular weight is 377 g/mol. The van der Waals surface area contributed by atoms with Gasteiger partial charge in [0.25, 0.3) is 0 Å². The maximum Gasteiger partial charge on any atom is 0.249 e. The van der Waals surface area contributed by atoms with E-state index in [-0.39, 0.29) is 18.3 Å². The molecule has 2 aromatic rings. The van der Waals surface area contributed by atoms with Crippen molar-refractivity contribution in [3.8, 4) is 11.4 Å². The highest BCUT2D eigenvalue weighted by molar-refractivity contribution is 5.85. The zero-order valence-electron chi connectivity index (χ0n) is 15.1. The lowest BCUT2D eigenvalue weighted by molar-refractivity contribution is -0.136. The second-order valence-corrected chi connectivity index (χ2v) is 7.19. The Balaban J connectivity index is 0.00000196. The summed E-state index contributed by atoms with van der Waals surface area (Å²) >= 11 is 0. The van der Waals surface area contributed by atoms with Crippen molar-refractivity contribution in [1.29, 1.82) is 0 Å². The highest BCUT2D eigenvalue weighted by Gasteiger charge is 2.37. The zero-order chi connectivity index (χ0) is 17.4. The van der Waals surface area contributed by atoms with E-state index in [2.05, 4.69) is 20.7 Å². The number of hydrogen-bond donors (Lipinski definition) is 1. The number of nitrogens with one attached hydrogen (secondary N) is 1. The Morgan fingerprint density at radius 1 is 1.23 bits per heavy atom. The van der Waals surface area contributed by atoms with Gasteiger partial charge in [0.1, 0.15) is 6.04 Å². The largest absolute Gasteiger partial charge is 0.341 e. The van der Waals surface area contributed by atoms with Crippen LogP contribution in [0.15, 0.2) is 30.3 Å². The van der Waals surface area contributed by atoms with Crippen LogP contribution < -0.4 is 5.32 Å². The number of likely N-dealkylation sites (N-methyl/N-ethyl adjacent to an activating group) is 1. The Morgan fingerprint density at radius 3 is 2.54 bits per heavy atom. The van der Waals surface area contributed by atoms with Crippen LogP contribution in [0.25, 0.3) is 11.4 Å². The maximum atomic E-state index is 12.9. The van der Waals surface area contributed by atoms with Crippen LogP contribution in [0, 0.1) is 0 Å². The molecule has 2 saturated heterocycles. The van der Waals surface area contributed by atoms with Crippen LogP contribution >= 0.6 is 12.4 Å². The third-order valence-electron chi connectivity index (χ3n) is 5.51. The molecule has 26 heavy (non-hydrogen) atoms. The fourth-order valence-electron chi connectivity index (χ4n) is 4.01. The third kappa shape index (κ3) is 3.59. The number of tetrazole rings is 1. The second kappa shape index (κ2) is 7.72. The first-order chi connectivity index (χ1) is 12.1. The first-order valence-electron chi connectivity index (χ1n) is 8.99. The van der Waals surface area contributed by atoms with Crippen molar-refractivity contribution in [2.75, 3.05) is 7.05 Å². The van der Waals surface area contributed by atoms with E-state index in [1.807, 2.05) is 49.2 Å². The van der Waals surface area contributed by atoms with Crippen LogP contribution in [0.3, 0.4) is 0 Å². The molecule has 2 fully saturated rings. The van der Waals surface area contributed by atoms with E-state index in [1.54, 1.807) is 0 Å². The number of carbonyl (C=O) groups excluding carboxylic acids is 1. The zero-order valence-corrected chi connectivity index (χ0v) is 15.9. The van der Waals surface area contributed by atoms with E-state index >= 15 is 0 Å². The van der Waals surface area contributed by atoms with Crippen LogP contribution in [0.1, 0.15) is 38.6 Å². The Kier molecular flexibility index (Phi) is 5.58. The molecule has 140 valence electrons. The van der Waals surface area contributed by atoms with Crippen molar-refractivity contribution >= 4 is 18.3 Å². The van der Waals surface area contributed by atoms with E-state index < -0.39 is 6.04 Å². The summed E-state index contributed by atoms with van der Waals surface area (Å²) in [6, 6.07) is 10.6. The molecule has 1 aromatic carbocycles. The van der Waals surface area contributed by atoms with Gasteiger partial charge < -0.3 is 10.2 Å². The molecule has 1 aromatic heterocycles. The fraction of sp³-hybridized carbons (Fsp3) is 0.556. The molecule has 1 amide bonds. The van der Waals surface area contributed by atoms with Crippen molar-refractivity contribution in [2.45, 2.75) is 56.8 Å². The van der Waals surface area contributed by atoms with Gasteiger partial charge in [0.15, 0.2) is 0 Å². The SMILES string of the molecule is CC(C(=O)N(C)C1CC2CCC(C1)N2)n1nnc(-c2ccccc2)n1.Cl. The molecular weight excluding hydrogens is 352 g/mol. The van der Waals surface area contributed by atoms with Crippen LogP contribution in [0.4, 0.5) is 0 Å². The molecular formula is C18H25ClN6O. The molecule has 1 N–H and O–H groups in total. The number of hydrogen-bond acceptors (Lipinski definition) is 5. The van der Waals surface area contributed by atoms with E-state index in [4.69, 9.17) is 0 Å². The molecule has 0 radical (unpaired) electrons. The Morgan fingerprint density at radius 2 is 1.88 bits per heavy atom. The maximum absolute atomic E-state index is 12.9. The monoisotopic (exact) mass is 376 g/mol. The minimum atomic E-state index is -0.456. The van der Waals surface area contributed by atoms with Gasteiger partial charge in [-0.2, -0.15) is 4.80 Å². The van der Waals surface area contributed by atoms with Crippen molar-refractivity contribution in [1.82, 2.24) is 30.4 Å². The van der Waals surface area contributed by atoms with Gasteiger partial charge in [0.2, 0.25) is 11.7 Å². The summed E-state index contributed by atoms with van der Waals surface area (Å²) in [5.74, 6) is 0.589. The summed E-state index contributed by atoms with van der Waals surface area (Å²) in [7, 11) is 1.91. The second-order valence-electron chi connectivity index (χ2n) is 7.19. The summed E-state index contributed by atoms with van der Waals surface area (Å²) in [5, 5.41) is 16.2. The molecule has 2 aliphatic heterocycles. The van der Waals surface area contributed by atoms with Crippen LogP contribution in [-0.2, 0) is 4.79 Å². The fourth-order valence-corrected chi connectivity index (χ4v) is 4.01. The van der Waals surface area contributed by atoms with E-state index in [9.17, 15) is 4.79 Å². The minimum Gasteiger partial charge on any atom is -0.341 e.